The number of ketones is 1. The Balaban J connectivity index is 2.22. The lowest BCUT2D eigenvalue weighted by Crippen LogP contribution is -2.13. The first-order valence-corrected chi connectivity index (χ1v) is 7.22. The Kier molecular flexibility index (Phi) is 3.14. The molecule has 1 aromatic carbocycles. The van der Waals surface area contributed by atoms with Crippen LogP contribution in [0.5, 0.6) is 0 Å². The quantitative estimate of drug-likeness (QED) is 0.804. The summed E-state index contributed by atoms with van der Waals surface area (Å²) in [6.45, 7) is 1.69. The summed E-state index contributed by atoms with van der Waals surface area (Å²) in [7, 11) is 2.10. The largest absolute Gasteiger partial charge is 0.347 e. The van der Waals surface area contributed by atoms with Gasteiger partial charge in [0.15, 0.2) is 0 Å². The molecule has 19 heavy (non-hydrogen) atoms. The lowest BCUT2D eigenvalue weighted by Gasteiger charge is -2.23. The number of carbonyl (C=O) groups is 1. The van der Waals surface area contributed by atoms with Gasteiger partial charge in [-0.1, -0.05) is 17.7 Å². The second-order valence-corrected chi connectivity index (χ2v) is 6.01. The van der Waals surface area contributed by atoms with Crippen LogP contribution < -0.4 is 0 Å². The van der Waals surface area contributed by atoms with Crippen molar-refractivity contribution in [2.24, 2.45) is 7.05 Å². The smallest absolute Gasteiger partial charge is 0.130 e. The van der Waals surface area contributed by atoms with Crippen molar-refractivity contribution in [3.8, 4) is 0 Å². The van der Waals surface area contributed by atoms with Crippen LogP contribution in [-0.4, -0.2) is 10.4 Å². The van der Waals surface area contributed by atoms with Crippen molar-refractivity contribution in [1.82, 2.24) is 4.57 Å². The highest BCUT2D eigenvalue weighted by molar-refractivity contribution is 6.31. The van der Waals surface area contributed by atoms with Crippen molar-refractivity contribution in [3.63, 3.8) is 0 Å². The van der Waals surface area contributed by atoms with Gasteiger partial charge in [0.05, 0.1) is 0 Å². The average Bonchev–Trinajstić information content (AvgIpc) is 2.64. The Labute approximate surface area is 118 Å². The van der Waals surface area contributed by atoms with Crippen LogP contribution in [0.4, 0.5) is 0 Å². The first-order valence-electron chi connectivity index (χ1n) is 6.84. The molecule has 0 amide bonds. The third-order valence-electron chi connectivity index (χ3n) is 4.24. The predicted octanol–water partition coefficient (Wildman–Crippen LogP) is 4.23. The minimum atomic E-state index is 0.281. The Bertz CT molecular complexity index is 656. The number of Topliss-reactive ketones (excluding diaryl/α,β-unsaturated/α-hetero) is 1. The molecule has 0 spiro atoms. The van der Waals surface area contributed by atoms with E-state index >= 15 is 0 Å². The fourth-order valence-electron chi connectivity index (χ4n) is 3.46. The normalized spacial score (nSPS) is 18.6. The maximum Gasteiger partial charge on any atom is 0.130 e. The molecule has 3 heteroatoms. The van der Waals surface area contributed by atoms with E-state index < -0.39 is 0 Å². The fraction of sp³-hybridized carbons (Fsp3) is 0.438. The highest BCUT2D eigenvalue weighted by Gasteiger charge is 2.27. The summed E-state index contributed by atoms with van der Waals surface area (Å²) in [5.74, 6) is 0.662. The highest BCUT2D eigenvalue weighted by atomic mass is 35.5. The van der Waals surface area contributed by atoms with Gasteiger partial charge in [-0.25, -0.2) is 0 Å². The lowest BCUT2D eigenvalue weighted by molar-refractivity contribution is -0.117. The second-order valence-electron chi connectivity index (χ2n) is 5.58. The van der Waals surface area contributed by atoms with E-state index in [2.05, 4.69) is 17.7 Å². The molecule has 0 bridgehead atoms. The molecule has 2 nitrogen and oxygen atoms in total. The van der Waals surface area contributed by atoms with E-state index in [1.165, 1.54) is 28.6 Å². The van der Waals surface area contributed by atoms with Crippen LogP contribution in [0.2, 0.25) is 5.02 Å². The van der Waals surface area contributed by atoms with E-state index in [9.17, 15) is 4.79 Å². The molecule has 0 saturated heterocycles. The number of nitrogens with zero attached hydrogens (tertiary/aromatic N) is 1. The molecule has 2 aromatic rings. The van der Waals surface area contributed by atoms with Crippen molar-refractivity contribution in [1.29, 1.82) is 0 Å². The van der Waals surface area contributed by atoms with Crippen LogP contribution in [0.1, 0.15) is 43.4 Å². The molecule has 1 aromatic heterocycles. The summed E-state index contributed by atoms with van der Waals surface area (Å²) in [5.41, 5.74) is 3.96. The van der Waals surface area contributed by atoms with Gasteiger partial charge in [-0.3, -0.25) is 0 Å². The summed E-state index contributed by atoms with van der Waals surface area (Å²) in [6.07, 6.45) is 4.05. The molecular weight excluding hydrogens is 258 g/mol. The minimum absolute atomic E-state index is 0.281. The SMILES string of the molecule is CC(=O)CC1CCCc2c1c1ccc(Cl)cc1n2C. The molecule has 0 fully saturated rings. The van der Waals surface area contributed by atoms with Crippen molar-refractivity contribution in [2.75, 3.05) is 0 Å². The summed E-state index contributed by atoms with van der Waals surface area (Å²) in [6, 6.07) is 6.08. The molecule has 1 heterocycles. The standard InChI is InChI=1S/C16H18ClNO/c1-10(19)8-11-4-3-5-14-16(11)13-7-6-12(17)9-15(13)18(14)2/h6-7,9,11H,3-5,8H2,1-2H3. The van der Waals surface area contributed by atoms with Crippen LogP contribution in [0.25, 0.3) is 10.9 Å². The molecule has 0 aliphatic heterocycles. The summed E-state index contributed by atoms with van der Waals surface area (Å²) in [5, 5.41) is 2.04. The number of halogens is 1. The molecule has 0 N–H and O–H groups in total. The molecule has 1 aliphatic carbocycles. The zero-order valence-electron chi connectivity index (χ0n) is 11.4. The van der Waals surface area contributed by atoms with Crippen molar-refractivity contribution >= 4 is 28.3 Å². The third kappa shape index (κ3) is 2.08. The van der Waals surface area contributed by atoms with Crippen LogP contribution in [0.3, 0.4) is 0 Å². The Morgan fingerprint density at radius 2 is 2.26 bits per heavy atom. The van der Waals surface area contributed by atoms with Gasteiger partial charge in [-0.05, 0) is 49.8 Å². The summed E-state index contributed by atoms with van der Waals surface area (Å²) < 4.78 is 2.25. The zero-order valence-corrected chi connectivity index (χ0v) is 12.1. The van der Waals surface area contributed by atoms with Crippen LogP contribution in [0, 0.1) is 0 Å². The van der Waals surface area contributed by atoms with Crippen LogP contribution in [0.15, 0.2) is 18.2 Å². The predicted molar refractivity (Wildman–Crippen MR) is 78.9 cm³/mol. The van der Waals surface area contributed by atoms with Gasteiger partial charge in [0.25, 0.3) is 0 Å². The number of benzene rings is 1. The number of carbonyl (C=O) groups excluding carboxylic acids is 1. The number of fused-ring (bicyclic) bond motifs is 3. The monoisotopic (exact) mass is 275 g/mol. The molecule has 3 rings (SSSR count). The second kappa shape index (κ2) is 4.68. The van der Waals surface area contributed by atoms with Gasteiger partial charge in [0.2, 0.25) is 0 Å². The Hall–Kier alpha value is -1.28. The van der Waals surface area contributed by atoms with Crippen LogP contribution in [-0.2, 0) is 18.3 Å². The van der Waals surface area contributed by atoms with Gasteiger partial charge >= 0.3 is 0 Å². The summed E-state index contributed by atoms with van der Waals surface area (Å²) >= 11 is 6.11. The van der Waals surface area contributed by atoms with Gasteiger partial charge < -0.3 is 9.36 Å². The number of hydrogen-bond donors (Lipinski definition) is 0. The zero-order chi connectivity index (χ0) is 13.6. The van der Waals surface area contributed by atoms with E-state index in [4.69, 9.17) is 11.6 Å². The van der Waals surface area contributed by atoms with Gasteiger partial charge in [0, 0.05) is 35.1 Å². The lowest BCUT2D eigenvalue weighted by atomic mass is 9.82. The first-order chi connectivity index (χ1) is 9.08. The molecule has 100 valence electrons. The third-order valence-corrected chi connectivity index (χ3v) is 4.47. The van der Waals surface area contributed by atoms with Gasteiger partial charge in [0.1, 0.15) is 5.78 Å². The molecule has 1 aliphatic rings. The number of aromatic nitrogens is 1. The minimum Gasteiger partial charge on any atom is -0.347 e. The number of hydrogen-bond acceptors (Lipinski definition) is 1. The van der Waals surface area contributed by atoms with E-state index in [1.807, 2.05) is 12.1 Å². The highest BCUT2D eigenvalue weighted by Crippen LogP contribution is 2.41. The van der Waals surface area contributed by atoms with Crippen molar-refractivity contribution < 1.29 is 4.79 Å². The topological polar surface area (TPSA) is 22.0 Å². The maximum atomic E-state index is 11.5. The van der Waals surface area contributed by atoms with E-state index in [0.29, 0.717) is 12.3 Å². The fourth-order valence-corrected chi connectivity index (χ4v) is 3.63. The first kappa shape index (κ1) is 12.7. The van der Waals surface area contributed by atoms with Crippen molar-refractivity contribution in [3.05, 3.63) is 34.5 Å². The molecule has 1 atom stereocenters. The molecule has 0 radical (unpaired) electrons. The van der Waals surface area contributed by atoms with Crippen LogP contribution >= 0.6 is 11.6 Å². The Morgan fingerprint density at radius 3 is 3.00 bits per heavy atom. The Morgan fingerprint density at radius 1 is 1.47 bits per heavy atom. The molecule has 1 unspecified atom stereocenters. The average molecular weight is 276 g/mol. The number of aryl methyl sites for hydroxylation is 1. The van der Waals surface area contributed by atoms with Gasteiger partial charge in [-0.15, -0.1) is 0 Å². The molecule has 0 saturated carbocycles. The summed E-state index contributed by atoms with van der Waals surface area (Å²) in [4.78, 5) is 11.5. The number of rotatable bonds is 2. The van der Waals surface area contributed by atoms with E-state index in [-0.39, 0.29) is 5.78 Å². The van der Waals surface area contributed by atoms with E-state index in [0.717, 1.165) is 17.9 Å². The maximum absolute atomic E-state index is 11.5. The van der Waals surface area contributed by atoms with Gasteiger partial charge in [-0.2, -0.15) is 0 Å². The van der Waals surface area contributed by atoms with E-state index in [1.54, 1.807) is 6.92 Å². The van der Waals surface area contributed by atoms with Crippen molar-refractivity contribution in [2.45, 2.75) is 38.5 Å². The molecular formula is C16H18ClNO.